The minimum atomic E-state index is -0.883. The monoisotopic (exact) mass is 169 g/mol. The molecule has 2 aliphatic heterocycles. The normalized spacial score (nSPS) is 33.0. The van der Waals surface area contributed by atoms with Crippen molar-refractivity contribution in [3.8, 4) is 0 Å². The Hall–Kier alpha value is -1.50. The summed E-state index contributed by atoms with van der Waals surface area (Å²) in [6.45, 7) is 0.344. The van der Waals surface area contributed by atoms with Crippen molar-refractivity contribution in [2.45, 2.75) is 6.29 Å². The molecule has 0 spiro atoms. The Bertz CT molecular complexity index is 263. The first-order valence-corrected chi connectivity index (χ1v) is 3.45. The van der Waals surface area contributed by atoms with Gasteiger partial charge in [-0.05, 0) is 0 Å². The summed E-state index contributed by atoms with van der Waals surface area (Å²) in [6.07, 6.45) is 1.02. The van der Waals surface area contributed by atoms with E-state index in [2.05, 4.69) is 20.9 Å². The lowest BCUT2D eigenvalue weighted by atomic mass is 10.1. The van der Waals surface area contributed by atoms with Crippen molar-refractivity contribution < 1.29 is 9.90 Å². The number of fused-ring (bicyclic) bond motifs is 1. The van der Waals surface area contributed by atoms with E-state index in [1.54, 1.807) is 5.01 Å². The molecule has 12 heavy (non-hydrogen) atoms. The van der Waals surface area contributed by atoms with Gasteiger partial charge in [-0.25, -0.2) is 5.53 Å². The van der Waals surface area contributed by atoms with Gasteiger partial charge >= 0.3 is 5.97 Å². The molecule has 0 saturated heterocycles. The molecule has 0 aromatic carbocycles. The van der Waals surface area contributed by atoms with E-state index in [4.69, 9.17) is 5.11 Å². The van der Waals surface area contributed by atoms with Crippen LogP contribution in [0.1, 0.15) is 0 Å². The summed E-state index contributed by atoms with van der Waals surface area (Å²) in [5.74, 6) is -1.46. The number of hydrogen-bond donors (Lipinski definition) is 2. The van der Waals surface area contributed by atoms with Crippen molar-refractivity contribution in [2.24, 2.45) is 21.2 Å². The first-order valence-electron chi connectivity index (χ1n) is 3.45. The van der Waals surface area contributed by atoms with Crippen LogP contribution in [0.2, 0.25) is 0 Å². The number of carboxylic acid groups (broad SMARTS) is 1. The molecule has 0 radical (unpaired) electrons. The molecule has 0 bridgehead atoms. The maximum Gasteiger partial charge on any atom is 0.313 e. The van der Waals surface area contributed by atoms with Crippen molar-refractivity contribution in [3.05, 3.63) is 0 Å². The third-order valence-corrected chi connectivity index (χ3v) is 1.72. The van der Waals surface area contributed by atoms with E-state index in [-0.39, 0.29) is 6.29 Å². The molecule has 2 heterocycles. The molecule has 2 rings (SSSR count). The van der Waals surface area contributed by atoms with Gasteiger partial charge in [0.15, 0.2) is 0 Å². The minimum Gasteiger partial charge on any atom is -0.481 e. The summed E-state index contributed by atoms with van der Waals surface area (Å²) < 4.78 is 0. The van der Waals surface area contributed by atoms with E-state index < -0.39 is 11.9 Å². The standard InChI is InChI=1S/C5H7N5O2/c11-4(12)3-1-6-5-7-8-9-10(5)2-3/h1,3,5H,2H2,(H,7,9)(H,11,12). The van der Waals surface area contributed by atoms with Gasteiger partial charge in [0.2, 0.25) is 6.29 Å². The summed E-state index contributed by atoms with van der Waals surface area (Å²) in [7, 11) is 0. The number of rotatable bonds is 1. The SMILES string of the molecule is O=C(O)C1C=NC2N=NNN2C1. The molecule has 0 saturated carbocycles. The second-order valence-electron chi connectivity index (χ2n) is 2.56. The minimum absolute atomic E-state index is 0.344. The molecule has 0 aromatic rings. The van der Waals surface area contributed by atoms with Crippen molar-refractivity contribution in [1.29, 1.82) is 0 Å². The molecule has 0 aromatic heterocycles. The lowest BCUT2D eigenvalue weighted by Crippen LogP contribution is -2.45. The number of hydrazine groups is 1. The summed E-state index contributed by atoms with van der Waals surface area (Å²) in [6, 6.07) is 0. The van der Waals surface area contributed by atoms with Crippen molar-refractivity contribution in [2.75, 3.05) is 6.54 Å². The van der Waals surface area contributed by atoms with Crippen molar-refractivity contribution >= 4 is 12.2 Å². The van der Waals surface area contributed by atoms with Crippen LogP contribution in [0.3, 0.4) is 0 Å². The van der Waals surface area contributed by atoms with Gasteiger partial charge < -0.3 is 5.11 Å². The molecule has 0 amide bonds. The van der Waals surface area contributed by atoms with E-state index in [0.717, 1.165) is 0 Å². The molecule has 2 aliphatic rings. The topological polar surface area (TPSA) is 89.6 Å². The van der Waals surface area contributed by atoms with Crippen LogP contribution in [0.15, 0.2) is 15.3 Å². The van der Waals surface area contributed by atoms with E-state index in [9.17, 15) is 4.79 Å². The molecule has 7 heteroatoms. The predicted octanol–water partition coefficient (Wildman–Crippen LogP) is -0.757. The highest BCUT2D eigenvalue weighted by Gasteiger charge is 2.31. The fourth-order valence-corrected chi connectivity index (χ4v) is 1.08. The number of carbonyl (C=O) groups is 1. The van der Waals surface area contributed by atoms with Crippen LogP contribution in [0.4, 0.5) is 0 Å². The van der Waals surface area contributed by atoms with Gasteiger partial charge in [-0.1, -0.05) is 5.22 Å². The van der Waals surface area contributed by atoms with E-state index in [1.165, 1.54) is 6.21 Å². The first kappa shape index (κ1) is 7.17. The zero-order valence-corrected chi connectivity index (χ0v) is 6.08. The van der Waals surface area contributed by atoms with Crippen molar-refractivity contribution in [3.63, 3.8) is 0 Å². The number of hydrogen-bond acceptors (Lipinski definition) is 6. The Balaban J connectivity index is 2.11. The molecular formula is C5H7N5O2. The Morgan fingerprint density at radius 2 is 2.58 bits per heavy atom. The summed E-state index contributed by atoms with van der Waals surface area (Å²) in [5.41, 5.74) is 2.56. The van der Waals surface area contributed by atoms with Crippen LogP contribution in [-0.4, -0.2) is 35.1 Å². The lowest BCUT2D eigenvalue weighted by molar-refractivity contribution is -0.140. The highest BCUT2D eigenvalue weighted by molar-refractivity contribution is 5.89. The third-order valence-electron chi connectivity index (χ3n) is 1.72. The van der Waals surface area contributed by atoms with Gasteiger partial charge in [-0.2, -0.15) is 5.01 Å². The molecular weight excluding hydrogens is 162 g/mol. The van der Waals surface area contributed by atoms with Crippen LogP contribution in [0.25, 0.3) is 0 Å². The fraction of sp³-hybridized carbons (Fsp3) is 0.600. The fourth-order valence-electron chi connectivity index (χ4n) is 1.08. The number of aliphatic carboxylic acids is 1. The Kier molecular flexibility index (Phi) is 1.51. The number of nitrogens with zero attached hydrogens (tertiary/aromatic N) is 4. The van der Waals surface area contributed by atoms with E-state index in [1.807, 2.05) is 0 Å². The smallest absolute Gasteiger partial charge is 0.313 e. The third kappa shape index (κ3) is 1.03. The van der Waals surface area contributed by atoms with Gasteiger partial charge in [0.25, 0.3) is 0 Å². The quantitative estimate of drug-likeness (QED) is 0.540. The van der Waals surface area contributed by atoms with Gasteiger partial charge in [0, 0.05) is 12.8 Å². The molecule has 64 valence electrons. The summed E-state index contributed by atoms with van der Waals surface area (Å²) >= 11 is 0. The summed E-state index contributed by atoms with van der Waals surface area (Å²) in [4.78, 5) is 14.4. The van der Waals surface area contributed by atoms with Gasteiger partial charge in [0.05, 0.1) is 0 Å². The molecule has 2 N–H and O–H groups in total. The summed E-state index contributed by atoms with van der Waals surface area (Å²) in [5, 5.41) is 17.4. The molecule has 2 atom stereocenters. The maximum absolute atomic E-state index is 10.5. The highest BCUT2D eigenvalue weighted by Crippen LogP contribution is 2.14. The Labute approximate surface area is 67.7 Å². The van der Waals surface area contributed by atoms with Crippen LogP contribution >= 0.6 is 0 Å². The second-order valence-corrected chi connectivity index (χ2v) is 2.56. The van der Waals surface area contributed by atoms with Gasteiger partial charge in [-0.15, -0.1) is 5.11 Å². The zero-order chi connectivity index (χ0) is 8.55. The predicted molar refractivity (Wildman–Crippen MR) is 38.1 cm³/mol. The maximum atomic E-state index is 10.5. The molecule has 0 fully saturated rings. The average molecular weight is 169 g/mol. The second kappa shape index (κ2) is 2.52. The Morgan fingerprint density at radius 1 is 1.75 bits per heavy atom. The molecule has 2 unspecified atom stereocenters. The van der Waals surface area contributed by atoms with Crippen LogP contribution in [-0.2, 0) is 4.79 Å². The largest absolute Gasteiger partial charge is 0.481 e. The molecule has 7 nitrogen and oxygen atoms in total. The van der Waals surface area contributed by atoms with Gasteiger partial charge in [0.1, 0.15) is 5.92 Å². The number of nitrogens with one attached hydrogen (secondary N) is 1. The molecule has 0 aliphatic carbocycles. The zero-order valence-electron chi connectivity index (χ0n) is 6.08. The first-order chi connectivity index (χ1) is 5.77. The lowest BCUT2D eigenvalue weighted by Gasteiger charge is -2.23. The number of aliphatic imine (C=N–C) groups is 1. The van der Waals surface area contributed by atoms with Crippen LogP contribution < -0.4 is 5.53 Å². The van der Waals surface area contributed by atoms with Crippen molar-refractivity contribution in [1.82, 2.24) is 10.5 Å². The Morgan fingerprint density at radius 3 is 3.33 bits per heavy atom. The van der Waals surface area contributed by atoms with E-state index >= 15 is 0 Å². The average Bonchev–Trinajstić information content (AvgIpc) is 2.49. The van der Waals surface area contributed by atoms with Crippen LogP contribution in [0.5, 0.6) is 0 Å². The highest BCUT2D eigenvalue weighted by atomic mass is 16.4. The van der Waals surface area contributed by atoms with E-state index in [0.29, 0.717) is 6.54 Å². The number of carboxylic acids is 1. The van der Waals surface area contributed by atoms with Crippen LogP contribution in [0, 0.1) is 5.92 Å². The van der Waals surface area contributed by atoms with Gasteiger partial charge in [-0.3, -0.25) is 9.79 Å².